The molecule has 220 valence electrons. The summed E-state index contributed by atoms with van der Waals surface area (Å²) in [5.41, 5.74) is 1.22. The van der Waals surface area contributed by atoms with Crippen molar-refractivity contribution < 1.29 is 32.2 Å². The van der Waals surface area contributed by atoms with Crippen LogP contribution in [0.1, 0.15) is 55.1 Å². The highest BCUT2D eigenvalue weighted by atomic mass is 35.5. The molecule has 1 saturated heterocycles. The number of halogens is 2. The Labute approximate surface area is 246 Å². The molecule has 1 saturated carbocycles. The maximum Gasteiger partial charge on any atom is 0.338 e. The van der Waals surface area contributed by atoms with Crippen LogP contribution >= 0.6 is 22.9 Å². The molecule has 0 bridgehead atoms. The number of carboxylic acids is 1. The molecule has 41 heavy (non-hydrogen) atoms. The zero-order chi connectivity index (χ0) is 29.3. The van der Waals surface area contributed by atoms with E-state index in [1.54, 1.807) is 11.6 Å². The minimum atomic E-state index is -3.61. The minimum absolute atomic E-state index is 0.110. The number of methoxy groups -OCH3 is 1. The summed E-state index contributed by atoms with van der Waals surface area (Å²) < 4.78 is 47.4. The third-order valence-electron chi connectivity index (χ3n) is 8.04. The van der Waals surface area contributed by atoms with E-state index < -0.39 is 45.0 Å². The number of hydrogen-bond donors (Lipinski definition) is 2. The topological polar surface area (TPSA) is 138 Å². The Morgan fingerprint density at radius 2 is 1.88 bits per heavy atom. The average Bonchev–Trinajstić information content (AvgIpc) is 3.51. The molecule has 0 spiro atoms. The van der Waals surface area contributed by atoms with Crippen LogP contribution in [0.25, 0.3) is 0 Å². The summed E-state index contributed by atoms with van der Waals surface area (Å²) in [5.74, 6) is -2.32. The highest BCUT2D eigenvalue weighted by Gasteiger charge is 2.41. The van der Waals surface area contributed by atoms with Crippen LogP contribution in [0.4, 0.5) is 4.39 Å². The molecule has 14 heteroatoms. The molecule has 3 heterocycles. The lowest BCUT2D eigenvalue weighted by molar-refractivity contribution is -0.142. The second-order valence-electron chi connectivity index (χ2n) is 10.4. The number of ether oxygens (including phenoxy) is 1. The van der Waals surface area contributed by atoms with Crippen molar-refractivity contribution >= 4 is 50.7 Å². The molecule has 2 aromatic rings. The fourth-order valence-corrected chi connectivity index (χ4v) is 8.70. The van der Waals surface area contributed by atoms with Gasteiger partial charge in [-0.3, -0.25) is 9.79 Å². The summed E-state index contributed by atoms with van der Waals surface area (Å²) in [6.07, 6.45) is 3.85. The third kappa shape index (κ3) is 6.04. The SMILES string of the molecule is COC(=O)C1=C(C2CCN(S(=O)(=O)C3CCC(C(=O)O)CC3)CC2)NC(c2nccs2)=N[C@@H]1c1ccc(F)cc1Cl. The van der Waals surface area contributed by atoms with Crippen LogP contribution in [0.5, 0.6) is 0 Å². The van der Waals surface area contributed by atoms with Gasteiger partial charge in [-0.25, -0.2) is 26.9 Å². The van der Waals surface area contributed by atoms with Crippen LogP contribution in [-0.4, -0.2) is 66.0 Å². The summed E-state index contributed by atoms with van der Waals surface area (Å²) in [4.78, 5) is 33.6. The number of carbonyl (C=O) groups is 2. The molecule has 10 nitrogen and oxygen atoms in total. The van der Waals surface area contributed by atoms with Crippen molar-refractivity contribution in [2.45, 2.75) is 49.8 Å². The molecule has 2 fully saturated rings. The van der Waals surface area contributed by atoms with Crippen molar-refractivity contribution in [2.24, 2.45) is 16.8 Å². The predicted octanol–water partition coefficient (Wildman–Crippen LogP) is 4.14. The van der Waals surface area contributed by atoms with Crippen LogP contribution in [0.15, 0.2) is 46.0 Å². The van der Waals surface area contributed by atoms with Crippen molar-refractivity contribution in [3.8, 4) is 0 Å². The van der Waals surface area contributed by atoms with Crippen LogP contribution in [-0.2, 0) is 24.3 Å². The second kappa shape index (κ2) is 12.2. The number of nitrogens with one attached hydrogen (secondary N) is 1. The lowest BCUT2D eigenvalue weighted by Gasteiger charge is -2.38. The summed E-state index contributed by atoms with van der Waals surface area (Å²) in [6, 6.07) is 3.02. The summed E-state index contributed by atoms with van der Waals surface area (Å²) >= 11 is 7.79. The molecule has 2 aliphatic heterocycles. The standard InChI is InChI=1S/C27H30ClFN4O6S2/c1-39-27(36)21-22(15-8-11-33(12-9-15)41(37,38)18-5-2-16(3-6-18)26(34)35)31-24(25-30-10-13-40-25)32-23(21)19-7-4-17(29)14-20(19)28/h4,7,10,13-16,18,23H,2-3,5-6,8-9,11-12H2,1H3,(H,31,32)(H,34,35)/t16?,18?,23-/m1/s1. The van der Waals surface area contributed by atoms with E-state index in [0.29, 0.717) is 60.6 Å². The molecule has 0 amide bonds. The van der Waals surface area contributed by atoms with E-state index >= 15 is 0 Å². The van der Waals surface area contributed by atoms with E-state index in [1.165, 1.54) is 41.0 Å². The number of benzene rings is 1. The number of esters is 1. The largest absolute Gasteiger partial charge is 0.481 e. The van der Waals surface area contributed by atoms with Crippen molar-refractivity contribution in [3.63, 3.8) is 0 Å². The summed E-state index contributed by atoms with van der Waals surface area (Å²) in [5, 5.41) is 14.5. The smallest absolute Gasteiger partial charge is 0.338 e. The van der Waals surface area contributed by atoms with Crippen molar-refractivity contribution in [1.82, 2.24) is 14.6 Å². The molecule has 0 radical (unpaired) electrons. The number of aliphatic carboxylic acids is 1. The van der Waals surface area contributed by atoms with E-state index in [4.69, 9.17) is 21.3 Å². The summed E-state index contributed by atoms with van der Waals surface area (Å²) in [6.45, 7) is 0.494. The molecule has 2 N–H and O–H groups in total. The first kappa shape index (κ1) is 29.6. The van der Waals surface area contributed by atoms with E-state index in [1.807, 2.05) is 0 Å². The number of hydrogen-bond acceptors (Lipinski definition) is 9. The Hall–Kier alpha value is -2.87. The monoisotopic (exact) mass is 624 g/mol. The maximum atomic E-state index is 13.9. The first-order valence-corrected chi connectivity index (χ1v) is 16.1. The first-order chi connectivity index (χ1) is 19.6. The average molecular weight is 625 g/mol. The zero-order valence-electron chi connectivity index (χ0n) is 22.3. The zero-order valence-corrected chi connectivity index (χ0v) is 24.6. The Morgan fingerprint density at radius 1 is 1.17 bits per heavy atom. The van der Waals surface area contributed by atoms with E-state index in [9.17, 15) is 27.5 Å². The molecule has 5 rings (SSSR count). The highest BCUT2D eigenvalue weighted by Crippen LogP contribution is 2.41. The number of amidine groups is 1. The minimum Gasteiger partial charge on any atom is -0.481 e. The van der Waals surface area contributed by atoms with Gasteiger partial charge in [-0.05, 0) is 50.7 Å². The van der Waals surface area contributed by atoms with E-state index in [-0.39, 0.29) is 29.6 Å². The van der Waals surface area contributed by atoms with Gasteiger partial charge >= 0.3 is 11.9 Å². The number of carbonyl (C=O) groups excluding carboxylic acids is 1. The van der Waals surface area contributed by atoms with E-state index in [2.05, 4.69) is 10.3 Å². The number of aromatic nitrogens is 1. The molecule has 1 aromatic carbocycles. The highest BCUT2D eigenvalue weighted by molar-refractivity contribution is 7.89. The van der Waals surface area contributed by atoms with E-state index in [0.717, 1.165) is 0 Å². The Balaban J connectivity index is 1.43. The third-order valence-corrected chi connectivity index (χ3v) is 11.5. The van der Waals surface area contributed by atoms with Gasteiger partial charge in [0.2, 0.25) is 10.0 Å². The number of aliphatic imine (C=N–C) groups is 1. The van der Waals surface area contributed by atoms with Gasteiger partial charge in [0, 0.05) is 46.9 Å². The van der Waals surface area contributed by atoms with Crippen LogP contribution in [0, 0.1) is 17.7 Å². The van der Waals surface area contributed by atoms with Crippen LogP contribution < -0.4 is 5.32 Å². The first-order valence-electron chi connectivity index (χ1n) is 13.3. The lowest BCUT2D eigenvalue weighted by Crippen LogP contribution is -2.46. The van der Waals surface area contributed by atoms with Crippen LogP contribution in [0.2, 0.25) is 5.02 Å². The summed E-state index contributed by atoms with van der Waals surface area (Å²) in [7, 11) is -2.34. The normalized spacial score (nSPS) is 24.5. The number of rotatable bonds is 7. The van der Waals surface area contributed by atoms with Gasteiger partial charge in [0.25, 0.3) is 0 Å². The Morgan fingerprint density at radius 3 is 2.46 bits per heavy atom. The molecule has 0 unspecified atom stereocenters. The molecule has 1 atom stereocenters. The number of nitrogens with zero attached hydrogens (tertiary/aromatic N) is 3. The van der Waals surface area contributed by atoms with Crippen molar-refractivity contribution in [1.29, 1.82) is 0 Å². The number of allylic oxidation sites excluding steroid dienone is 1. The number of carboxylic acid groups (broad SMARTS) is 1. The number of piperidine rings is 1. The molecule has 3 aliphatic rings. The molecular formula is C27H30ClFN4O6S2. The van der Waals surface area contributed by atoms with Gasteiger partial charge in [0.15, 0.2) is 10.8 Å². The Bertz CT molecular complexity index is 1480. The lowest BCUT2D eigenvalue weighted by atomic mass is 9.86. The van der Waals surface area contributed by atoms with Crippen molar-refractivity contribution in [2.75, 3.05) is 20.2 Å². The molecule has 1 aromatic heterocycles. The fourth-order valence-electron chi connectivity index (χ4n) is 5.84. The van der Waals surface area contributed by atoms with Crippen LogP contribution in [0.3, 0.4) is 0 Å². The van der Waals surface area contributed by atoms with Crippen molar-refractivity contribution in [3.05, 3.63) is 62.5 Å². The quantitative estimate of drug-likeness (QED) is 0.439. The van der Waals surface area contributed by atoms with Gasteiger partial charge < -0.3 is 15.2 Å². The predicted molar refractivity (Wildman–Crippen MR) is 152 cm³/mol. The number of thiazole rings is 1. The van der Waals surface area contributed by atoms with Gasteiger partial charge in [0.05, 0.1) is 23.9 Å². The van der Waals surface area contributed by atoms with Gasteiger partial charge in [0.1, 0.15) is 11.9 Å². The maximum absolute atomic E-state index is 13.9. The molecule has 1 aliphatic carbocycles. The number of sulfonamides is 1. The fraction of sp³-hybridized carbons (Fsp3) is 0.481. The Kier molecular flexibility index (Phi) is 8.78. The molecular weight excluding hydrogens is 595 g/mol. The van der Waals surface area contributed by atoms with Gasteiger partial charge in [-0.2, -0.15) is 0 Å². The second-order valence-corrected chi connectivity index (χ2v) is 13.9. The van der Waals surface area contributed by atoms with Gasteiger partial charge in [-0.15, -0.1) is 11.3 Å². The van der Waals surface area contributed by atoms with Gasteiger partial charge in [-0.1, -0.05) is 17.7 Å².